The average molecular weight is 413 g/mol. The molecule has 0 heterocycles. The maximum Gasteiger partial charge on any atom is 0.416 e. The van der Waals surface area contributed by atoms with E-state index in [-0.39, 0.29) is 0 Å². The second-order valence-electron chi connectivity index (χ2n) is 4.98. The minimum absolute atomic E-state index is 0.432. The molecule has 2 aromatic carbocycles. The lowest BCUT2D eigenvalue weighted by molar-refractivity contribution is -0.137. The van der Waals surface area contributed by atoms with Crippen LogP contribution >= 0.6 is 15.9 Å². The van der Waals surface area contributed by atoms with Crippen molar-refractivity contribution in [2.24, 2.45) is 10.1 Å². The molecular weight excluding hydrogens is 397 g/mol. The highest BCUT2D eigenvalue weighted by atomic mass is 79.9. The van der Waals surface area contributed by atoms with E-state index in [9.17, 15) is 13.2 Å². The summed E-state index contributed by atoms with van der Waals surface area (Å²) in [4.78, 5) is 3.96. The number of nitrogens with one attached hydrogen (secondary N) is 2. The van der Waals surface area contributed by atoms with Crippen LogP contribution in [0.25, 0.3) is 0 Å². The van der Waals surface area contributed by atoms with E-state index in [1.807, 2.05) is 24.3 Å². The molecule has 0 aliphatic heterocycles. The standard InChI is InChI=1S/C17H16BrF3N4/c1-22-16(23-2)25-24-15(12-5-9-14(18)10-6-12)11-3-7-13(8-4-11)17(19,20)21/h3-10H,1-2H3,(H2,22,23,25)/b24-15+. The first-order valence-corrected chi connectivity index (χ1v) is 8.06. The number of benzene rings is 2. The maximum atomic E-state index is 12.8. The summed E-state index contributed by atoms with van der Waals surface area (Å²) in [5.74, 6) is 0.432. The van der Waals surface area contributed by atoms with Crippen LogP contribution in [0, 0.1) is 0 Å². The molecule has 0 unspecified atom stereocenters. The van der Waals surface area contributed by atoms with Gasteiger partial charge in [-0.1, -0.05) is 40.2 Å². The summed E-state index contributed by atoms with van der Waals surface area (Å²) in [6.45, 7) is 0. The summed E-state index contributed by atoms with van der Waals surface area (Å²) in [5.41, 5.74) is 3.87. The summed E-state index contributed by atoms with van der Waals surface area (Å²) in [6, 6.07) is 12.2. The summed E-state index contributed by atoms with van der Waals surface area (Å²) >= 11 is 3.36. The molecule has 0 fully saturated rings. The van der Waals surface area contributed by atoms with Gasteiger partial charge in [0, 0.05) is 29.7 Å². The van der Waals surface area contributed by atoms with Crippen molar-refractivity contribution in [1.82, 2.24) is 10.7 Å². The minimum atomic E-state index is -4.38. The Labute approximate surface area is 152 Å². The lowest BCUT2D eigenvalue weighted by Crippen LogP contribution is -2.32. The Balaban J connectivity index is 2.44. The number of hydrogen-bond donors (Lipinski definition) is 2. The molecule has 2 N–H and O–H groups in total. The van der Waals surface area contributed by atoms with Crippen molar-refractivity contribution in [3.63, 3.8) is 0 Å². The van der Waals surface area contributed by atoms with Crippen molar-refractivity contribution in [2.45, 2.75) is 6.18 Å². The van der Waals surface area contributed by atoms with E-state index in [1.54, 1.807) is 14.1 Å². The largest absolute Gasteiger partial charge is 0.416 e. The Bertz CT molecular complexity index is 766. The van der Waals surface area contributed by atoms with E-state index in [2.05, 4.69) is 36.8 Å². The first-order valence-electron chi connectivity index (χ1n) is 7.27. The van der Waals surface area contributed by atoms with Crippen LogP contribution in [0.5, 0.6) is 0 Å². The van der Waals surface area contributed by atoms with Gasteiger partial charge in [0.1, 0.15) is 0 Å². The zero-order chi connectivity index (χ0) is 18.4. The molecule has 0 aliphatic rings. The number of aliphatic imine (C=N–C) groups is 1. The average Bonchev–Trinajstić information content (AvgIpc) is 2.59. The van der Waals surface area contributed by atoms with Crippen LogP contribution in [0.4, 0.5) is 13.2 Å². The maximum absolute atomic E-state index is 12.8. The van der Waals surface area contributed by atoms with Gasteiger partial charge in [0.2, 0.25) is 5.96 Å². The lowest BCUT2D eigenvalue weighted by Gasteiger charge is -2.11. The van der Waals surface area contributed by atoms with E-state index in [0.717, 1.165) is 22.2 Å². The van der Waals surface area contributed by atoms with E-state index in [4.69, 9.17) is 0 Å². The van der Waals surface area contributed by atoms with E-state index in [1.165, 1.54) is 12.1 Å². The Morgan fingerprint density at radius 2 is 1.48 bits per heavy atom. The molecule has 2 aromatic rings. The molecule has 0 spiro atoms. The summed E-state index contributed by atoms with van der Waals surface area (Å²) in [6.07, 6.45) is -4.38. The number of hydrazone groups is 1. The summed E-state index contributed by atoms with van der Waals surface area (Å²) in [5, 5.41) is 7.13. The number of nitrogens with zero attached hydrogens (tertiary/aromatic N) is 2. The van der Waals surface area contributed by atoms with Crippen LogP contribution in [0.3, 0.4) is 0 Å². The normalized spacial score (nSPS) is 12.9. The third-order valence-corrected chi connectivity index (χ3v) is 3.87. The molecule has 8 heteroatoms. The quantitative estimate of drug-likeness (QED) is 0.454. The summed E-state index contributed by atoms with van der Waals surface area (Å²) in [7, 11) is 3.27. The second-order valence-corrected chi connectivity index (χ2v) is 5.89. The number of hydrogen-bond acceptors (Lipinski definition) is 2. The fraction of sp³-hybridized carbons (Fsp3) is 0.176. The number of halogens is 4. The van der Waals surface area contributed by atoms with E-state index >= 15 is 0 Å². The monoisotopic (exact) mass is 412 g/mol. The molecular formula is C17H16BrF3N4. The van der Waals surface area contributed by atoms with Crippen molar-refractivity contribution in [2.75, 3.05) is 14.1 Å². The van der Waals surface area contributed by atoms with Crippen LogP contribution < -0.4 is 10.7 Å². The van der Waals surface area contributed by atoms with Crippen molar-refractivity contribution < 1.29 is 13.2 Å². The minimum Gasteiger partial charge on any atom is -0.358 e. The molecule has 2 rings (SSSR count). The molecule has 0 amide bonds. The molecule has 25 heavy (non-hydrogen) atoms. The number of alkyl halides is 3. The highest BCUT2D eigenvalue weighted by molar-refractivity contribution is 9.10. The van der Waals surface area contributed by atoms with Gasteiger partial charge in [-0.2, -0.15) is 18.3 Å². The highest BCUT2D eigenvalue weighted by Gasteiger charge is 2.30. The van der Waals surface area contributed by atoms with Crippen LogP contribution in [0.2, 0.25) is 0 Å². The van der Waals surface area contributed by atoms with E-state index < -0.39 is 11.7 Å². The van der Waals surface area contributed by atoms with Crippen molar-refractivity contribution in [3.05, 3.63) is 69.7 Å². The Morgan fingerprint density at radius 3 is 1.92 bits per heavy atom. The van der Waals surface area contributed by atoms with Crippen molar-refractivity contribution in [3.8, 4) is 0 Å². The Morgan fingerprint density at radius 1 is 0.960 bits per heavy atom. The molecule has 132 valence electrons. The molecule has 0 atom stereocenters. The first kappa shape index (κ1) is 19.0. The molecule has 0 saturated carbocycles. The zero-order valence-electron chi connectivity index (χ0n) is 13.5. The SMILES string of the molecule is CN=C(NC)N/N=C(/c1ccc(Br)cc1)c1ccc(C(F)(F)F)cc1. The van der Waals surface area contributed by atoms with Gasteiger partial charge in [0.05, 0.1) is 11.3 Å². The van der Waals surface area contributed by atoms with Gasteiger partial charge in [-0.05, 0) is 24.3 Å². The predicted molar refractivity (Wildman–Crippen MR) is 96.8 cm³/mol. The van der Waals surface area contributed by atoms with Crippen LogP contribution in [0.15, 0.2) is 63.1 Å². The zero-order valence-corrected chi connectivity index (χ0v) is 15.1. The molecule has 0 radical (unpaired) electrons. The van der Waals surface area contributed by atoms with Gasteiger partial charge < -0.3 is 5.32 Å². The lowest BCUT2D eigenvalue weighted by atomic mass is 10.0. The highest BCUT2D eigenvalue weighted by Crippen LogP contribution is 2.29. The van der Waals surface area contributed by atoms with Crippen molar-refractivity contribution >= 4 is 27.6 Å². The third kappa shape index (κ3) is 5.06. The number of guanidine groups is 1. The van der Waals surface area contributed by atoms with Crippen LogP contribution in [0.1, 0.15) is 16.7 Å². The molecule has 0 saturated heterocycles. The van der Waals surface area contributed by atoms with Gasteiger partial charge in [0.25, 0.3) is 0 Å². The topological polar surface area (TPSA) is 48.8 Å². The fourth-order valence-electron chi connectivity index (χ4n) is 2.05. The molecule has 4 nitrogen and oxygen atoms in total. The van der Waals surface area contributed by atoms with Crippen LogP contribution in [-0.2, 0) is 6.18 Å². The van der Waals surface area contributed by atoms with E-state index in [0.29, 0.717) is 17.2 Å². The third-order valence-electron chi connectivity index (χ3n) is 3.34. The van der Waals surface area contributed by atoms with Gasteiger partial charge in [0.15, 0.2) is 0 Å². The molecule has 0 bridgehead atoms. The van der Waals surface area contributed by atoms with Gasteiger partial charge in [-0.3, -0.25) is 4.99 Å². The molecule has 0 aliphatic carbocycles. The van der Waals surface area contributed by atoms with Gasteiger partial charge in [-0.25, -0.2) is 5.43 Å². The fourth-order valence-corrected chi connectivity index (χ4v) is 2.31. The van der Waals surface area contributed by atoms with Crippen LogP contribution in [-0.4, -0.2) is 25.8 Å². The Kier molecular flexibility index (Phi) is 6.19. The van der Waals surface area contributed by atoms with Crippen molar-refractivity contribution in [1.29, 1.82) is 0 Å². The number of rotatable bonds is 3. The van der Waals surface area contributed by atoms with Gasteiger partial charge in [-0.15, -0.1) is 0 Å². The second kappa shape index (κ2) is 8.15. The Hall–Kier alpha value is -2.35. The smallest absolute Gasteiger partial charge is 0.358 e. The predicted octanol–water partition coefficient (Wildman–Crippen LogP) is 4.02. The molecule has 0 aromatic heterocycles. The first-order chi connectivity index (χ1) is 11.8. The summed E-state index contributed by atoms with van der Waals surface area (Å²) < 4.78 is 39.2. The van der Waals surface area contributed by atoms with Gasteiger partial charge >= 0.3 is 6.18 Å².